The molecule has 0 bridgehead atoms. The number of H-pyrrole nitrogens is 1. The lowest BCUT2D eigenvalue weighted by atomic mass is 9.98. The highest BCUT2D eigenvalue weighted by Crippen LogP contribution is 2.34. The van der Waals surface area contributed by atoms with Crippen LogP contribution in [0, 0.1) is 13.8 Å². The van der Waals surface area contributed by atoms with Crippen molar-refractivity contribution in [1.82, 2.24) is 9.97 Å². The molecule has 1 heterocycles. The molecule has 0 amide bonds. The molecule has 20 heavy (non-hydrogen) atoms. The van der Waals surface area contributed by atoms with E-state index in [-0.39, 0.29) is 5.56 Å². The standard InChI is InChI=1S/C16H20N2O2/c1-5-6-13-14(17-9-18-16(13)19)12-8-7-10(2)11(3)15(12)20-4/h7-9H,5-6H2,1-4H3,(H,17,18,19). The van der Waals surface area contributed by atoms with Crippen molar-refractivity contribution in [2.75, 3.05) is 7.11 Å². The number of hydrogen-bond acceptors (Lipinski definition) is 3. The molecule has 106 valence electrons. The smallest absolute Gasteiger partial charge is 0.254 e. The predicted octanol–water partition coefficient (Wildman–Crippen LogP) is 3.01. The predicted molar refractivity (Wildman–Crippen MR) is 80.3 cm³/mol. The Morgan fingerprint density at radius 3 is 2.70 bits per heavy atom. The zero-order chi connectivity index (χ0) is 14.7. The lowest BCUT2D eigenvalue weighted by Gasteiger charge is -2.14. The average Bonchev–Trinajstić information content (AvgIpc) is 2.44. The molecule has 1 aromatic carbocycles. The number of methoxy groups -OCH3 is 1. The van der Waals surface area contributed by atoms with Gasteiger partial charge < -0.3 is 9.72 Å². The van der Waals surface area contributed by atoms with Crippen LogP contribution in [0.1, 0.15) is 30.0 Å². The third-order valence-corrected chi connectivity index (χ3v) is 3.59. The van der Waals surface area contributed by atoms with E-state index in [1.807, 2.05) is 32.9 Å². The molecule has 0 unspecified atom stereocenters. The first-order valence-electron chi connectivity index (χ1n) is 6.81. The summed E-state index contributed by atoms with van der Waals surface area (Å²) in [4.78, 5) is 19.0. The van der Waals surface area contributed by atoms with E-state index in [0.29, 0.717) is 6.42 Å². The summed E-state index contributed by atoms with van der Waals surface area (Å²) in [6.07, 6.45) is 3.05. The van der Waals surface area contributed by atoms with Gasteiger partial charge in [-0.2, -0.15) is 0 Å². The minimum atomic E-state index is -0.0721. The monoisotopic (exact) mass is 272 g/mol. The fourth-order valence-electron chi connectivity index (χ4n) is 2.38. The number of nitrogens with zero attached hydrogens (tertiary/aromatic N) is 1. The van der Waals surface area contributed by atoms with Gasteiger partial charge in [-0.15, -0.1) is 0 Å². The number of aryl methyl sites for hydroxylation is 1. The zero-order valence-corrected chi connectivity index (χ0v) is 12.4. The number of rotatable bonds is 4. The second-order valence-corrected chi connectivity index (χ2v) is 4.90. The summed E-state index contributed by atoms with van der Waals surface area (Å²) in [5.74, 6) is 0.792. The van der Waals surface area contributed by atoms with Crippen LogP contribution in [0.2, 0.25) is 0 Å². The highest BCUT2D eigenvalue weighted by Gasteiger charge is 2.16. The molecule has 0 radical (unpaired) electrons. The van der Waals surface area contributed by atoms with Gasteiger partial charge in [0.25, 0.3) is 5.56 Å². The molecule has 4 heteroatoms. The molecule has 1 N–H and O–H groups in total. The van der Waals surface area contributed by atoms with Gasteiger partial charge >= 0.3 is 0 Å². The average molecular weight is 272 g/mol. The second-order valence-electron chi connectivity index (χ2n) is 4.90. The Bertz CT molecular complexity index is 675. The topological polar surface area (TPSA) is 55.0 Å². The number of aromatic nitrogens is 2. The van der Waals surface area contributed by atoms with E-state index in [1.165, 1.54) is 6.33 Å². The lowest BCUT2D eigenvalue weighted by Crippen LogP contribution is -2.15. The first-order chi connectivity index (χ1) is 9.60. The Morgan fingerprint density at radius 2 is 2.05 bits per heavy atom. The van der Waals surface area contributed by atoms with Crippen molar-refractivity contribution in [2.24, 2.45) is 0 Å². The van der Waals surface area contributed by atoms with E-state index in [0.717, 1.165) is 40.1 Å². The maximum Gasteiger partial charge on any atom is 0.254 e. The van der Waals surface area contributed by atoms with Gasteiger partial charge in [0.15, 0.2) is 0 Å². The Kier molecular flexibility index (Phi) is 4.23. The molecule has 0 fully saturated rings. The molecule has 1 aromatic heterocycles. The highest BCUT2D eigenvalue weighted by molar-refractivity contribution is 5.72. The Morgan fingerprint density at radius 1 is 1.30 bits per heavy atom. The van der Waals surface area contributed by atoms with Crippen LogP contribution in [0.4, 0.5) is 0 Å². The Labute approximate surface area is 118 Å². The summed E-state index contributed by atoms with van der Waals surface area (Å²) < 4.78 is 5.53. The first-order valence-corrected chi connectivity index (χ1v) is 6.81. The molecule has 2 aromatic rings. The van der Waals surface area contributed by atoms with Crippen LogP contribution in [0.3, 0.4) is 0 Å². The SMILES string of the molecule is CCCc1c(-c2ccc(C)c(C)c2OC)nc[nH]c1=O. The van der Waals surface area contributed by atoms with Crippen LogP contribution < -0.4 is 10.3 Å². The molecule has 0 aliphatic carbocycles. The third kappa shape index (κ3) is 2.46. The molecule has 0 spiro atoms. The van der Waals surface area contributed by atoms with Crippen molar-refractivity contribution in [2.45, 2.75) is 33.6 Å². The first kappa shape index (κ1) is 14.3. The van der Waals surface area contributed by atoms with E-state index >= 15 is 0 Å². The quantitative estimate of drug-likeness (QED) is 0.930. The second kappa shape index (κ2) is 5.90. The maximum atomic E-state index is 12.0. The molecule has 4 nitrogen and oxygen atoms in total. The summed E-state index contributed by atoms with van der Waals surface area (Å²) >= 11 is 0. The number of benzene rings is 1. The van der Waals surface area contributed by atoms with Crippen molar-refractivity contribution >= 4 is 0 Å². The molecule has 0 atom stereocenters. The zero-order valence-electron chi connectivity index (χ0n) is 12.4. The molecule has 2 rings (SSSR count). The fourth-order valence-corrected chi connectivity index (χ4v) is 2.38. The van der Waals surface area contributed by atoms with Crippen LogP contribution in [0.15, 0.2) is 23.3 Å². The van der Waals surface area contributed by atoms with Gasteiger partial charge in [-0.25, -0.2) is 4.98 Å². The maximum absolute atomic E-state index is 12.0. The summed E-state index contributed by atoms with van der Waals surface area (Å²) in [6, 6.07) is 4.01. The van der Waals surface area contributed by atoms with Crippen LogP contribution in [0.25, 0.3) is 11.3 Å². The molecular weight excluding hydrogens is 252 g/mol. The van der Waals surface area contributed by atoms with Crippen LogP contribution in [0.5, 0.6) is 5.75 Å². The van der Waals surface area contributed by atoms with Gasteiger partial charge in [0.05, 0.1) is 19.1 Å². The van der Waals surface area contributed by atoms with Gasteiger partial charge in [-0.3, -0.25) is 4.79 Å². The fraction of sp³-hybridized carbons (Fsp3) is 0.375. The molecule has 0 saturated carbocycles. The van der Waals surface area contributed by atoms with Crippen molar-refractivity contribution in [3.05, 3.63) is 45.5 Å². The largest absolute Gasteiger partial charge is 0.496 e. The lowest BCUT2D eigenvalue weighted by molar-refractivity contribution is 0.412. The van der Waals surface area contributed by atoms with Crippen molar-refractivity contribution < 1.29 is 4.74 Å². The van der Waals surface area contributed by atoms with Crippen molar-refractivity contribution in [3.8, 4) is 17.0 Å². The van der Waals surface area contributed by atoms with Gasteiger partial charge in [0.1, 0.15) is 5.75 Å². The van der Waals surface area contributed by atoms with Crippen LogP contribution in [-0.2, 0) is 6.42 Å². The summed E-state index contributed by atoms with van der Waals surface area (Å²) in [5, 5.41) is 0. The molecular formula is C16H20N2O2. The summed E-state index contributed by atoms with van der Waals surface area (Å²) in [5.41, 5.74) is 4.48. The number of hydrogen-bond donors (Lipinski definition) is 1. The summed E-state index contributed by atoms with van der Waals surface area (Å²) in [6.45, 7) is 6.11. The number of ether oxygens (including phenoxy) is 1. The Hall–Kier alpha value is -2.10. The normalized spacial score (nSPS) is 10.6. The van der Waals surface area contributed by atoms with Gasteiger partial charge in [0.2, 0.25) is 0 Å². The van der Waals surface area contributed by atoms with Gasteiger partial charge in [0, 0.05) is 11.1 Å². The van der Waals surface area contributed by atoms with Crippen LogP contribution in [-0.4, -0.2) is 17.1 Å². The molecule has 0 aliphatic heterocycles. The Balaban J connectivity index is 2.72. The molecule has 0 aliphatic rings. The van der Waals surface area contributed by atoms with E-state index in [1.54, 1.807) is 7.11 Å². The van der Waals surface area contributed by atoms with E-state index < -0.39 is 0 Å². The molecule has 0 saturated heterocycles. The van der Waals surface area contributed by atoms with Gasteiger partial charge in [-0.1, -0.05) is 19.4 Å². The third-order valence-electron chi connectivity index (χ3n) is 3.59. The van der Waals surface area contributed by atoms with E-state index in [2.05, 4.69) is 9.97 Å². The van der Waals surface area contributed by atoms with Gasteiger partial charge in [-0.05, 0) is 37.5 Å². The van der Waals surface area contributed by atoms with Crippen molar-refractivity contribution in [3.63, 3.8) is 0 Å². The number of aromatic amines is 1. The summed E-state index contributed by atoms with van der Waals surface area (Å²) in [7, 11) is 1.65. The van der Waals surface area contributed by atoms with E-state index in [4.69, 9.17) is 4.74 Å². The van der Waals surface area contributed by atoms with E-state index in [9.17, 15) is 4.79 Å². The van der Waals surface area contributed by atoms with Crippen LogP contribution >= 0.6 is 0 Å². The highest BCUT2D eigenvalue weighted by atomic mass is 16.5. The minimum Gasteiger partial charge on any atom is -0.496 e. The van der Waals surface area contributed by atoms with Crippen molar-refractivity contribution in [1.29, 1.82) is 0 Å². The minimum absolute atomic E-state index is 0.0721. The number of nitrogens with one attached hydrogen (secondary N) is 1.